The van der Waals surface area contributed by atoms with Crippen LogP contribution in [-0.2, 0) is 20.8 Å². The highest BCUT2D eigenvalue weighted by Gasteiger charge is 2.25. The van der Waals surface area contributed by atoms with Gasteiger partial charge in [-0.15, -0.1) is 0 Å². The zero-order valence-electron chi connectivity index (χ0n) is 14.5. The van der Waals surface area contributed by atoms with Gasteiger partial charge in [-0.3, -0.25) is 9.59 Å². The maximum atomic E-state index is 13.0. The van der Waals surface area contributed by atoms with E-state index in [-0.39, 0.29) is 12.8 Å². The predicted octanol–water partition coefficient (Wildman–Crippen LogP) is 1.80. The lowest BCUT2D eigenvalue weighted by atomic mass is 10.0. The molecule has 0 heterocycles. The SMILES string of the molecule is CC(=O)N[C@@H](Cc1ccc(F)cc1)C(=O)N[C@H](CC=C(C)C)C(=O)O. The van der Waals surface area contributed by atoms with E-state index in [2.05, 4.69) is 10.6 Å². The Balaban J connectivity index is 2.87. The summed E-state index contributed by atoms with van der Waals surface area (Å²) in [6, 6.07) is 3.49. The Hall–Kier alpha value is -2.70. The summed E-state index contributed by atoms with van der Waals surface area (Å²) in [6.07, 6.45) is 1.99. The number of carbonyl (C=O) groups is 3. The molecule has 3 N–H and O–H groups in total. The van der Waals surface area contributed by atoms with Crippen LogP contribution >= 0.6 is 0 Å². The van der Waals surface area contributed by atoms with Crippen LogP contribution in [-0.4, -0.2) is 35.0 Å². The van der Waals surface area contributed by atoms with Gasteiger partial charge in [-0.1, -0.05) is 23.8 Å². The highest BCUT2D eigenvalue weighted by atomic mass is 19.1. The van der Waals surface area contributed by atoms with Gasteiger partial charge in [0.2, 0.25) is 11.8 Å². The Morgan fingerprint density at radius 1 is 1.08 bits per heavy atom. The summed E-state index contributed by atoms with van der Waals surface area (Å²) < 4.78 is 13.0. The summed E-state index contributed by atoms with van der Waals surface area (Å²) in [6.45, 7) is 4.92. The molecule has 1 rings (SSSR count). The van der Waals surface area contributed by atoms with E-state index in [1.54, 1.807) is 6.08 Å². The molecule has 0 aromatic heterocycles. The lowest BCUT2D eigenvalue weighted by molar-refractivity contribution is -0.142. The predicted molar refractivity (Wildman–Crippen MR) is 91.3 cm³/mol. The van der Waals surface area contributed by atoms with Gasteiger partial charge in [0.05, 0.1) is 0 Å². The van der Waals surface area contributed by atoms with Gasteiger partial charge in [0.15, 0.2) is 0 Å². The molecule has 2 amide bonds. The van der Waals surface area contributed by atoms with Gasteiger partial charge in [0.1, 0.15) is 17.9 Å². The number of carboxylic acids is 1. The molecule has 7 heteroatoms. The quantitative estimate of drug-likeness (QED) is 0.623. The van der Waals surface area contributed by atoms with E-state index < -0.39 is 35.7 Å². The average molecular weight is 350 g/mol. The zero-order chi connectivity index (χ0) is 19.0. The van der Waals surface area contributed by atoms with Crippen molar-refractivity contribution in [2.75, 3.05) is 0 Å². The average Bonchev–Trinajstić information content (AvgIpc) is 2.51. The first-order valence-electron chi connectivity index (χ1n) is 7.87. The Morgan fingerprint density at radius 3 is 2.16 bits per heavy atom. The van der Waals surface area contributed by atoms with E-state index >= 15 is 0 Å². The smallest absolute Gasteiger partial charge is 0.326 e. The highest BCUT2D eigenvalue weighted by molar-refractivity contribution is 5.90. The number of amides is 2. The fourth-order valence-electron chi connectivity index (χ4n) is 2.16. The minimum Gasteiger partial charge on any atom is -0.480 e. The molecule has 0 fully saturated rings. The Morgan fingerprint density at radius 2 is 1.68 bits per heavy atom. The molecule has 0 unspecified atom stereocenters. The van der Waals surface area contributed by atoms with E-state index in [1.807, 2.05) is 13.8 Å². The summed E-state index contributed by atoms with van der Waals surface area (Å²) in [7, 11) is 0. The fraction of sp³-hybridized carbons (Fsp3) is 0.389. The van der Waals surface area contributed by atoms with Gasteiger partial charge < -0.3 is 15.7 Å². The highest BCUT2D eigenvalue weighted by Crippen LogP contribution is 2.07. The van der Waals surface area contributed by atoms with Crippen molar-refractivity contribution in [3.8, 4) is 0 Å². The number of rotatable bonds is 8. The first kappa shape index (κ1) is 20.3. The van der Waals surface area contributed by atoms with Gasteiger partial charge in [0.25, 0.3) is 0 Å². The third-order valence-electron chi connectivity index (χ3n) is 3.42. The van der Waals surface area contributed by atoms with Crippen molar-refractivity contribution in [3.63, 3.8) is 0 Å². The number of hydrogen-bond acceptors (Lipinski definition) is 3. The lowest BCUT2D eigenvalue weighted by Crippen LogP contribution is -2.52. The maximum Gasteiger partial charge on any atom is 0.326 e. The van der Waals surface area contributed by atoms with Crippen molar-refractivity contribution in [1.82, 2.24) is 10.6 Å². The standard InChI is InChI=1S/C18H23FN2O4/c1-11(2)4-9-15(18(24)25)21-17(23)16(20-12(3)22)10-13-5-7-14(19)8-6-13/h4-8,15-16H,9-10H2,1-3H3,(H,20,22)(H,21,23)(H,24,25)/t15-,16+/m1/s1. The van der Waals surface area contributed by atoms with Crippen molar-refractivity contribution in [2.45, 2.75) is 45.7 Å². The van der Waals surface area contributed by atoms with Gasteiger partial charge in [-0.25, -0.2) is 9.18 Å². The zero-order valence-corrected chi connectivity index (χ0v) is 14.5. The maximum absolute atomic E-state index is 13.0. The minimum absolute atomic E-state index is 0.126. The number of hydrogen-bond donors (Lipinski definition) is 3. The minimum atomic E-state index is -1.16. The van der Waals surface area contributed by atoms with Crippen LogP contribution in [0.3, 0.4) is 0 Å². The number of carboxylic acid groups (broad SMARTS) is 1. The molecule has 2 atom stereocenters. The van der Waals surface area contributed by atoms with Crippen LogP contribution in [0.25, 0.3) is 0 Å². The van der Waals surface area contributed by atoms with Gasteiger partial charge in [-0.2, -0.15) is 0 Å². The molecule has 0 radical (unpaired) electrons. The molecule has 1 aromatic carbocycles. The van der Waals surface area contributed by atoms with Crippen molar-refractivity contribution in [3.05, 3.63) is 47.3 Å². The van der Waals surface area contributed by atoms with E-state index in [0.717, 1.165) is 5.57 Å². The number of nitrogens with one attached hydrogen (secondary N) is 2. The van der Waals surface area contributed by atoms with Gasteiger partial charge in [0, 0.05) is 13.3 Å². The van der Waals surface area contributed by atoms with Crippen LogP contribution in [0.2, 0.25) is 0 Å². The van der Waals surface area contributed by atoms with E-state index in [4.69, 9.17) is 0 Å². The molecule has 25 heavy (non-hydrogen) atoms. The summed E-state index contributed by atoms with van der Waals surface area (Å²) in [5, 5.41) is 14.2. The fourth-order valence-corrected chi connectivity index (χ4v) is 2.16. The molecular formula is C18H23FN2O4. The lowest BCUT2D eigenvalue weighted by Gasteiger charge is -2.20. The van der Waals surface area contributed by atoms with Crippen molar-refractivity contribution in [2.24, 2.45) is 0 Å². The molecule has 0 aliphatic heterocycles. The molecule has 0 saturated carbocycles. The molecule has 136 valence electrons. The van der Waals surface area contributed by atoms with Crippen LogP contribution in [0.4, 0.5) is 4.39 Å². The Kier molecular flexibility index (Phi) is 7.78. The third-order valence-corrected chi connectivity index (χ3v) is 3.42. The summed E-state index contributed by atoms with van der Waals surface area (Å²) in [4.78, 5) is 35.1. The second-order valence-electron chi connectivity index (χ2n) is 6.00. The molecule has 0 aliphatic rings. The Bertz CT molecular complexity index is 652. The molecular weight excluding hydrogens is 327 g/mol. The van der Waals surface area contributed by atoms with Crippen molar-refractivity contribution in [1.29, 1.82) is 0 Å². The second kappa shape index (κ2) is 9.56. The molecule has 1 aromatic rings. The molecule has 0 saturated heterocycles. The summed E-state index contributed by atoms with van der Waals surface area (Å²) in [5.41, 5.74) is 1.58. The molecule has 0 aliphatic carbocycles. The van der Waals surface area contributed by atoms with Crippen LogP contribution < -0.4 is 10.6 Å². The van der Waals surface area contributed by atoms with Crippen LogP contribution in [0, 0.1) is 5.82 Å². The number of carbonyl (C=O) groups excluding carboxylic acids is 2. The largest absolute Gasteiger partial charge is 0.480 e. The van der Waals surface area contributed by atoms with Crippen LogP contribution in [0.5, 0.6) is 0 Å². The van der Waals surface area contributed by atoms with Crippen molar-refractivity contribution >= 4 is 17.8 Å². The van der Waals surface area contributed by atoms with Gasteiger partial charge in [-0.05, 0) is 38.0 Å². The Labute approximate surface area is 146 Å². The third kappa shape index (κ3) is 7.60. The first-order chi connectivity index (χ1) is 11.7. The normalized spacial score (nSPS) is 12.6. The number of halogens is 1. The topological polar surface area (TPSA) is 95.5 Å². The summed E-state index contributed by atoms with van der Waals surface area (Å²) in [5.74, 6) is -2.58. The van der Waals surface area contributed by atoms with Crippen molar-refractivity contribution < 1.29 is 23.9 Å². The monoisotopic (exact) mass is 350 g/mol. The van der Waals surface area contributed by atoms with Crippen LogP contribution in [0.15, 0.2) is 35.9 Å². The van der Waals surface area contributed by atoms with Gasteiger partial charge >= 0.3 is 5.97 Å². The van der Waals surface area contributed by atoms with E-state index in [0.29, 0.717) is 5.56 Å². The molecule has 0 spiro atoms. The summed E-state index contributed by atoms with van der Waals surface area (Å²) >= 11 is 0. The molecule has 6 nitrogen and oxygen atoms in total. The van der Waals surface area contributed by atoms with Crippen LogP contribution in [0.1, 0.15) is 32.8 Å². The van der Waals surface area contributed by atoms with E-state index in [1.165, 1.54) is 31.2 Å². The first-order valence-corrected chi connectivity index (χ1v) is 7.87. The number of allylic oxidation sites excluding steroid dienone is 1. The number of aliphatic carboxylic acids is 1. The molecule has 0 bridgehead atoms. The second-order valence-corrected chi connectivity index (χ2v) is 6.00. The van der Waals surface area contributed by atoms with E-state index in [9.17, 15) is 23.9 Å². The number of benzene rings is 1.